The lowest BCUT2D eigenvalue weighted by atomic mass is 9.58. The lowest BCUT2D eigenvalue weighted by molar-refractivity contribution is 0.0321. The van der Waals surface area contributed by atoms with E-state index < -0.39 is 0 Å². The van der Waals surface area contributed by atoms with Gasteiger partial charge in [0.2, 0.25) is 0 Å². The Bertz CT molecular complexity index is 148. The molecular weight excluding hydrogens is 148 g/mol. The zero-order chi connectivity index (χ0) is 9.24. The smallest absolute Gasteiger partial charge is 0.0000855 e. The number of hydrogen-bond donors (Lipinski definition) is 2. The maximum Gasteiger partial charge on any atom is -0.0000855 e. The Balaban J connectivity index is 2.81. The monoisotopic (exact) mass is 170 g/mol. The van der Waals surface area contributed by atoms with E-state index in [2.05, 4.69) is 13.8 Å². The van der Waals surface area contributed by atoms with E-state index in [0.29, 0.717) is 5.41 Å². The van der Waals surface area contributed by atoms with Gasteiger partial charge in [0.15, 0.2) is 0 Å². The molecule has 0 aromatic rings. The van der Waals surface area contributed by atoms with Crippen molar-refractivity contribution in [1.29, 1.82) is 0 Å². The van der Waals surface area contributed by atoms with E-state index in [9.17, 15) is 0 Å². The van der Waals surface area contributed by atoms with E-state index in [0.717, 1.165) is 13.1 Å². The Morgan fingerprint density at radius 2 is 1.50 bits per heavy atom. The second kappa shape index (κ2) is 3.35. The quantitative estimate of drug-likeness (QED) is 0.659. The third-order valence-electron chi connectivity index (χ3n) is 3.92. The van der Waals surface area contributed by atoms with Crippen LogP contribution < -0.4 is 11.5 Å². The second-order valence-electron chi connectivity index (χ2n) is 4.78. The van der Waals surface area contributed by atoms with Gasteiger partial charge in [-0.15, -0.1) is 0 Å². The molecule has 0 amide bonds. The van der Waals surface area contributed by atoms with E-state index in [1.54, 1.807) is 0 Å². The van der Waals surface area contributed by atoms with Crippen LogP contribution >= 0.6 is 0 Å². The van der Waals surface area contributed by atoms with Gasteiger partial charge >= 0.3 is 0 Å². The molecule has 0 saturated heterocycles. The van der Waals surface area contributed by atoms with Gasteiger partial charge in [0.05, 0.1) is 0 Å². The Morgan fingerprint density at radius 1 is 1.00 bits per heavy atom. The molecule has 0 radical (unpaired) electrons. The molecule has 1 saturated carbocycles. The first-order valence-corrected chi connectivity index (χ1v) is 4.98. The zero-order valence-corrected chi connectivity index (χ0v) is 8.40. The highest BCUT2D eigenvalue weighted by Crippen LogP contribution is 2.48. The Labute approximate surface area is 75.7 Å². The molecule has 4 N–H and O–H groups in total. The summed E-state index contributed by atoms with van der Waals surface area (Å²) in [5, 5.41) is 0. The minimum atomic E-state index is 0.214. The van der Waals surface area contributed by atoms with Gasteiger partial charge in [-0.25, -0.2) is 0 Å². The van der Waals surface area contributed by atoms with Crippen LogP contribution in [0.5, 0.6) is 0 Å². The number of rotatable bonds is 2. The fourth-order valence-electron chi connectivity index (χ4n) is 2.47. The van der Waals surface area contributed by atoms with Gasteiger partial charge in [0.1, 0.15) is 0 Å². The Morgan fingerprint density at radius 3 is 1.83 bits per heavy atom. The summed E-state index contributed by atoms with van der Waals surface area (Å²) in [5.74, 6) is 0. The predicted octanol–water partition coefficient (Wildman–Crippen LogP) is 1.49. The summed E-state index contributed by atoms with van der Waals surface area (Å²) in [5.41, 5.74) is 12.2. The van der Waals surface area contributed by atoms with Crippen LogP contribution in [0.3, 0.4) is 0 Å². The van der Waals surface area contributed by atoms with E-state index in [1.807, 2.05) is 0 Å². The molecule has 12 heavy (non-hydrogen) atoms. The first kappa shape index (κ1) is 10.0. The normalized spacial score (nSPS) is 27.0. The Kier molecular flexibility index (Phi) is 2.79. The Hall–Kier alpha value is -0.0800. The average Bonchev–Trinajstić information content (AvgIpc) is 2.05. The van der Waals surface area contributed by atoms with Crippen LogP contribution in [0.4, 0.5) is 0 Å². The van der Waals surface area contributed by atoms with E-state index in [4.69, 9.17) is 11.5 Å². The minimum absolute atomic E-state index is 0.214. The fraction of sp³-hybridized carbons (Fsp3) is 1.00. The second-order valence-corrected chi connectivity index (χ2v) is 4.78. The molecule has 0 bridgehead atoms. The summed E-state index contributed by atoms with van der Waals surface area (Å²) in [6.45, 7) is 6.12. The van der Waals surface area contributed by atoms with Gasteiger partial charge in [-0.3, -0.25) is 0 Å². The van der Waals surface area contributed by atoms with E-state index in [1.165, 1.54) is 25.7 Å². The molecule has 0 atom stereocenters. The highest BCUT2D eigenvalue weighted by molar-refractivity contribution is 4.97. The van der Waals surface area contributed by atoms with Gasteiger partial charge in [-0.2, -0.15) is 0 Å². The van der Waals surface area contributed by atoms with Crippen molar-refractivity contribution in [3.8, 4) is 0 Å². The van der Waals surface area contributed by atoms with Gasteiger partial charge in [0.25, 0.3) is 0 Å². The molecule has 1 rings (SSSR count). The van der Waals surface area contributed by atoms with Gasteiger partial charge < -0.3 is 11.5 Å². The first-order chi connectivity index (χ1) is 5.58. The highest BCUT2D eigenvalue weighted by Gasteiger charge is 2.44. The topological polar surface area (TPSA) is 52.0 Å². The lowest BCUT2D eigenvalue weighted by Crippen LogP contribution is -2.50. The molecular formula is C10H22N2. The van der Waals surface area contributed by atoms with Crippen LogP contribution in [0.15, 0.2) is 0 Å². The minimum Gasteiger partial charge on any atom is -0.330 e. The standard InChI is InChI=1S/C10H22N2/c1-9(2)5-3-4-6-10(9,7-11)8-12/h3-8,11-12H2,1-2H3. The van der Waals surface area contributed by atoms with Crippen LogP contribution in [-0.2, 0) is 0 Å². The van der Waals surface area contributed by atoms with Crippen molar-refractivity contribution < 1.29 is 0 Å². The molecule has 0 spiro atoms. The van der Waals surface area contributed by atoms with Crippen molar-refractivity contribution in [3.05, 3.63) is 0 Å². The fourth-order valence-corrected chi connectivity index (χ4v) is 2.47. The van der Waals surface area contributed by atoms with Crippen molar-refractivity contribution in [1.82, 2.24) is 0 Å². The van der Waals surface area contributed by atoms with Crippen molar-refractivity contribution in [2.24, 2.45) is 22.3 Å². The first-order valence-electron chi connectivity index (χ1n) is 4.98. The maximum atomic E-state index is 5.84. The molecule has 1 aliphatic rings. The maximum absolute atomic E-state index is 5.84. The van der Waals surface area contributed by atoms with Crippen molar-refractivity contribution in [2.45, 2.75) is 39.5 Å². The summed E-state index contributed by atoms with van der Waals surface area (Å²) in [7, 11) is 0. The molecule has 2 nitrogen and oxygen atoms in total. The van der Waals surface area contributed by atoms with Crippen LogP contribution in [-0.4, -0.2) is 13.1 Å². The lowest BCUT2D eigenvalue weighted by Gasteiger charge is -2.49. The predicted molar refractivity (Wildman–Crippen MR) is 52.8 cm³/mol. The van der Waals surface area contributed by atoms with Gasteiger partial charge in [-0.1, -0.05) is 26.7 Å². The van der Waals surface area contributed by atoms with E-state index in [-0.39, 0.29) is 5.41 Å². The van der Waals surface area contributed by atoms with E-state index >= 15 is 0 Å². The molecule has 72 valence electrons. The molecule has 1 aliphatic carbocycles. The SMILES string of the molecule is CC1(C)CCCCC1(CN)CN. The number of hydrogen-bond acceptors (Lipinski definition) is 2. The zero-order valence-electron chi connectivity index (χ0n) is 8.40. The largest absolute Gasteiger partial charge is 0.330 e. The van der Waals surface area contributed by atoms with Crippen molar-refractivity contribution in [3.63, 3.8) is 0 Å². The summed E-state index contributed by atoms with van der Waals surface area (Å²) in [6, 6.07) is 0. The molecule has 0 aromatic carbocycles. The highest BCUT2D eigenvalue weighted by atomic mass is 14.7. The number of nitrogens with two attached hydrogens (primary N) is 2. The van der Waals surface area contributed by atoms with Crippen LogP contribution in [0, 0.1) is 10.8 Å². The van der Waals surface area contributed by atoms with Crippen LogP contribution in [0.1, 0.15) is 39.5 Å². The average molecular weight is 170 g/mol. The molecule has 0 aromatic heterocycles. The van der Waals surface area contributed by atoms with Crippen molar-refractivity contribution in [2.75, 3.05) is 13.1 Å². The molecule has 0 aliphatic heterocycles. The van der Waals surface area contributed by atoms with Crippen LogP contribution in [0.2, 0.25) is 0 Å². The molecule has 0 unspecified atom stereocenters. The third-order valence-corrected chi connectivity index (χ3v) is 3.92. The molecule has 1 fully saturated rings. The third kappa shape index (κ3) is 1.38. The van der Waals surface area contributed by atoms with Crippen molar-refractivity contribution >= 4 is 0 Å². The van der Waals surface area contributed by atoms with Gasteiger partial charge in [0, 0.05) is 0 Å². The van der Waals surface area contributed by atoms with Crippen LogP contribution in [0.25, 0.3) is 0 Å². The molecule has 2 heteroatoms. The summed E-state index contributed by atoms with van der Waals surface area (Å²) >= 11 is 0. The summed E-state index contributed by atoms with van der Waals surface area (Å²) in [4.78, 5) is 0. The summed E-state index contributed by atoms with van der Waals surface area (Å²) in [6.07, 6.45) is 5.14. The molecule has 0 heterocycles. The van der Waals surface area contributed by atoms with Gasteiger partial charge in [-0.05, 0) is 36.8 Å². The summed E-state index contributed by atoms with van der Waals surface area (Å²) < 4.78 is 0.